The van der Waals surface area contributed by atoms with Gasteiger partial charge in [0.25, 0.3) is 0 Å². The second-order valence-electron chi connectivity index (χ2n) is 4.63. The van der Waals surface area contributed by atoms with Crippen LogP contribution >= 0.6 is 0 Å². The van der Waals surface area contributed by atoms with Gasteiger partial charge in [0.15, 0.2) is 0 Å². The number of rotatable bonds is 4. The number of aliphatic hydroxyl groups excluding tert-OH is 2. The van der Waals surface area contributed by atoms with Gasteiger partial charge in [-0.2, -0.15) is 0 Å². The molecule has 16 heavy (non-hydrogen) atoms. The monoisotopic (exact) mass is 228 g/mol. The predicted molar refractivity (Wildman–Crippen MR) is 58.9 cm³/mol. The van der Waals surface area contributed by atoms with Gasteiger partial charge in [0.1, 0.15) is 0 Å². The van der Waals surface area contributed by atoms with Gasteiger partial charge in [-0.25, -0.2) is 0 Å². The summed E-state index contributed by atoms with van der Waals surface area (Å²) in [6.45, 7) is 0.181. The molecule has 0 saturated heterocycles. The maximum Gasteiger partial charge on any atom is 0.0904 e. The molecule has 2 bridgehead atoms. The van der Waals surface area contributed by atoms with Crippen molar-refractivity contribution in [3.8, 4) is 0 Å². The van der Waals surface area contributed by atoms with Crippen LogP contribution in [0.3, 0.4) is 0 Å². The van der Waals surface area contributed by atoms with E-state index in [4.69, 9.17) is 9.47 Å². The van der Waals surface area contributed by atoms with Crippen LogP contribution in [0.25, 0.3) is 0 Å². The Kier molecular flexibility index (Phi) is 3.64. The summed E-state index contributed by atoms with van der Waals surface area (Å²) in [6.07, 6.45) is 4.17. The molecule has 2 N–H and O–H groups in total. The Morgan fingerprint density at radius 3 is 1.50 bits per heavy atom. The van der Waals surface area contributed by atoms with Gasteiger partial charge in [0, 0.05) is 39.3 Å². The molecule has 4 heteroatoms. The minimum atomic E-state index is -0.0139. The molecule has 0 spiro atoms. The minimum absolute atomic E-state index is 0.0139. The van der Waals surface area contributed by atoms with E-state index >= 15 is 0 Å². The average Bonchev–Trinajstić information content (AvgIpc) is 2.36. The average molecular weight is 228 g/mol. The van der Waals surface area contributed by atoms with E-state index in [1.807, 2.05) is 0 Å². The van der Waals surface area contributed by atoms with Crippen molar-refractivity contribution in [1.29, 1.82) is 0 Å². The summed E-state index contributed by atoms with van der Waals surface area (Å²) >= 11 is 0. The molecule has 0 heterocycles. The van der Waals surface area contributed by atoms with Crippen LogP contribution in [0.15, 0.2) is 12.2 Å². The lowest BCUT2D eigenvalue weighted by molar-refractivity contribution is -0.153. The molecule has 0 aromatic carbocycles. The normalized spacial score (nSPS) is 46.2. The van der Waals surface area contributed by atoms with Gasteiger partial charge >= 0.3 is 0 Å². The van der Waals surface area contributed by atoms with E-state index in [0.29, 0.717) is 0 Å². The molecule has 0 radical (unpaired) electrons. The van der Waals surface area contributed by atoms with Crippen LogP contribution in [0.2, 0.25) is 0 Å². The van der Waals surface area contributed by atoms with Crippen molar-refractivity contribution >= 4 is 0 Å². The van der Waals surface area contributed by atoms with Crippen LogP contribution in [0, 0.1) is 23.7 Å². The summed E-state index contributed by atoms with van der Waals surface area (Å²) in [5, 5.41) is 18.9. The van der Waals surface area contributed by atoms with E-state index < -0.39 is 0 Å². The van der Waals surface area contributed by atoms with E-state index in [9.17, 15) is 10.2 Å². The molecule has 0 aromatic heterocycles. The summed E-state index contributed by atoms with van der Waals surface area (Å²) < 4.78 is 11.0. The number of hydrogen-bond acceptors (Lipinski definition) is 4. The zero-order valence-corrected chi connectivity index (χ0v) is 9.74. The zero-order chi connectivity index (χ0) is 11.7. The molecule has 92 valence electrons. The Balaban J connectivity index is 2.29. The van der Waals surface area contributed by atoms with Crippen molar-refractivity contribution in [2.24, 2.45) is 23.7 Å². The fraction of sp³-hybridized carbons (Fsp3) is 0.833. The number of fused-ring (bicyclic) bond motifs is 2. The Morgan fingerprint density at radius 1 is 0.875 bits per heavy atom. The highest BCUT2D eigenvalue weighted by atomic mass is 16.5. The lowest BCUT2D eigenvalue weighted by Crippen LogP contribution is -2.57. The van der Waals surface area contributed by atoms with E-state index in [1.165, 1.54) is 0 Å². The van der Waals surface area contributed by atoms with E-state index in [2.05, 4.69) is 12.2 Å². The highest BCUT2D eigenvalue weighted by Crippen LogP contribution is 2.46. The first-order chi connectivity index (χ1) is 7.78. The molecule has 0 aliphatic heterocycles. The van der Waals surface area contributed by atoms with Gasteiger partial charge in [0.05, 0.1) is 12.2 Å². The Hall–Kier alpha value is -0.420. The summed E-state index contributed by atoms with van der Waals surface area (Å²) in [5.41, 5.74) is 0. The maximum atomic E-state index is 9.45. The van der Waals surface area contributed by atoms with Crippen LogP contribution in [-0.2, 0) is 9.47 Å². The van der Waals surface area contributed by atoms with Gasteiger partial charge in [-0.1, -0.05) is 12.2 Å². The number of hydrogen-bond donors (Lipinski definition) is 2. The zero-order valence-electron chi connectivity index (χ0n) is 9.74. The first-order valence-corrected chi connectivity index (χ1v) is 5.74. The van der Waals surface area contributed by atoms with Crippen LogP contribution in [0.5, 0.6) is 0 Å². The summed E-state index contributed by atoms with van der Waals surface area (Å²) in [6, 6.07) is 0. The molecule has 1 saturated carbocycles. The molecule has 0 aromatic rings. The Bertz CT molecular complexity index is 220. The summed E-state index contributed by atoms with van der Waals surface area (Å²) in [5.74, 6) is 0.442. The molecule has 6 unspecified atom stereocenters. The van der Waals surface area contributed by atoms with Gasteiger partial charge in [-0.3, -0.25) is 0 Å². The van der Waals surface area contributed by atoms with E-state index in [-0.39, 0.29) is 49.1 Å². The van der Waals surface area contributed by atoms with Crippen molar-refractivity contribution in [3.05, 3.63) is 12.2 Å². The van der Waals surface area contributed by atoms with Crippen molar-refractivity contribution in [2.75, 3.05) is 27.4 Å². The SMILES string of the molecule is COC1C2C=CC(C(CO)C2CO)C1OC. The van der Waals surface area contributed by atoms with E-state index in [1.54, 1.807) is 14.2 Å². The molecule has 3 aliphatic rings. The smallest absolute Gasteiger partial charge is 0.0904 e. The molecule has 0 amide bonds. The first-order valence-electron chi connectivity index (χ1n) is 5.74. The standard InChI is InChI=1S/C12H20O4/c1-15-11-7-3-4-8(12(11)16-2)10(6-14)9(7)5-13/h3-4,7-14H,5-6H2,1-2H3. The largest absolute Gasteiger partial charge is 0.396 e. The third-order valence-corrected chi connectivity index (χ3v) is 4.14. The highest BCUT2D eigenvalue weighted by Gasteiger charge is 2.51. The third kappa shape index (κ3) is 1.61. The number of aliphatic hydroxyl groups is 2. The molecule has 3 aliphatic carbocycles. The Morgan fingerprint density at radius 2 is 1.25 bits per heavy atom. The molecular formula is C12H20O4. The lowest BCUT2D eigenvalue weighted by atomic mass is 9.60. The van der Waals surface area contributed by atoms with Gasteiger partial charge in [-0.15, -0.1) is 0 Å². The second-order valence-corrected chi connectivity index (χ2v) is 4.63. The van der Waals surface area contributed by atoms with Crippen LogP contribution in [-0.4, -0.2) is 49.9 Å². The fourth-order valence-corrected chi connectivity index (χ4v) is 3.35. The predicted octanol–water partition coefficient (Wildman–Crippen LogP) is 0.0492. The van der Waals surface area contributed by atoms with Gasteiger partial charge in [0.2, 0.25) is 0 Å². The van der Waals surface area contributed by atoms with Crippen molar-refractivity contribution in [2.45, 2.75) is 12.2 Å². The molecule has 3 rings (SSSR count). The quantitative estimate of drug-likeness (QED) is 0.668. The van der Waals surface area contributed by atoms with Crippen molar-refractivity contribution < 1.29 is 19.7 Å². The van der Waals surface area contributed by atoms with Crippen molar-refractivity contribution in [3.63, 3.8) is 0 Å². The molecule has 4 nitrogen and oxygen atoms in total. The molecular weight excluding hydrogens is 208 g/mol. The third-order valence-electron chi connectivity index (χ3n) is 4.14. The number of ether oxygens (including phenoxy) is 2. The first kappa shape index (κ1) is 12.0. The minimum Gasteiger partial charge on any atom is -0.396 e. The van der Waals surface area contributed by atoms with Crippen LogP contribution in [0.1, 0.15) is 0 Å². The fourth-order valence-electron chi connectivity index (χ4n) is 3.35. The van der Waals surface area contributed by atoms with Crippen molar-refractivity contribution in [1.82, 2.24) is 0 Å². The molecule has 6 atom stereocenters. The van der Waals surface area contributed by atoms with Gasteiger partial charge in [-0.05, 0) is 11.8 Å². The maximum absolute atomic E-state index is 9.45. The topological polar surface area (TPSA) is 58.9 Å². The van der Waals surface area contributed by atoms with E-state index in [0.717, 1.165) is 0 Å². The summed E-state index contributed by atoms with van der Waals surface area (Å²) in [4.78, 5) is 0. The van der Waals surface area contributed by atoms with Crippen LogP contribution < -0.4 is 0 Å². The Labute approximate surface area is 95.9 Å². The second kappa shape index (κ2) is 4.84. The van der Waals surface area contributed by atoms with Crippen LogP contribution in [0.4, 0.5) is 0 Å². The lowest BCUT2D eigenvalue weighted by Gasteiger charge is -2.51. The van der Waals surface area contributed by atoms with Gasteiger partial charge < -0.3 is 19.7 Å². The highest BCUT2D eigenvalue weighted by molar-refractivity contribution is 5.17. The summed E-state index contributed by atoms with van der Waals surface area (Å²) in [7, 11) is 3.35. The number of methoxy groups -OCH3 is 2. The molecule has 1 fully saturated rings.